The van der Waals surface area contributed by atoms with Gasteiger partial charge in [-0.05, 0) is 25.5 Å². The van der Waals surface area contributed by atoms with Crippen molar-refractivity contribution in [3.63, 3.8) is 0 Å². The highest BCUT2D eigenvalue weighted by Gasteiger charge is 2.30. The largest absolute Gasteiger partial charge is 0.244 e. The van der Waals surface area contributed by atoms with E-state index >= 15 is 0 Å². The van der Waals surface area contributed by atoms with Gasteiger partial charge < -0.3 is 0 Å². The molecule has 1 aromatic carbocycles. The van der Waals surface area contributed by atoms with E-state index in [1.165, 1.54) is 0 Å². The van der Waals surface area contributed by atoms with E-state index in [0.29, 0.717) is 5.69 Å². The van der Waals surface area contributed by atoms with Crippen LogP contribution in [0.3, 0.4) is 0 Å². The third kappa shape index (κ3) is 4.00. The van der Waals surface area contributed by atoms with E-state index in [1.54, 1.807) is 10.9 Å². The van der Waals surface area contributed by atoms with Gasteiger partial charge in [0.15, 0.2) is 0 Å². The zero-order chi connectivity index (χ0) is 17.3. The van der Waals surface area contributed by atoms with Crippen LogP contribution in [0.1, 0.15) is 46.7 Å². The molecule has 0 aliphatic carbocycles. The molecule has 0 fully saturated rings. The maximum atomic E-state index is 12.7. The number of nitrogens with zero attached hydrogens (tertiary/aromatic N) is 2. The Balaban J connectivity index is 2.56. The summed E-state index contributed by atoms with van der Waals surface area (Å²) in [5.41, 5.74) is 1.03. The summed E-state index contributed by atoms with van der Waals surface area (Å²) in [6, 6.07) is 9.40. The SMILES string of the molecule is CCC(C)NS(=O)(=O)c1cn(-c2ccccc2)nc1C(C)(C)C. The molecule has 0 saturated carbocycles. The van der Waals surface area contributed by atoms with Crippen LogP contribution >= 0.6 is 0 Å². The van der Waals surface area contributed by atoms with E-state index in [9.17, 15) is 8.42 Å². The third-order valence-electron chi connectivity index (χ3n) is 3.67. The fraction of sp³-hybridized carbons (Fsp3) is 0.471. The topological polar surface area (TPSA) is 64.0 Å². The Labute approximate surface area is 138 Å². The van der Waals surface area contributed by atoms with Gasteiger partial charge in [0.05, 0.1) is 17.6 Å². The molecule has 0 radical (unpaired) electrons. The summed E-state index contributed by atoms with van der Waals surface area (Å²) < 4.78 is 29.8. The highest BCUT2D eigenvalue weighted by molar-refractivity contribution is 7.89. The average molecular weight is 335 g/mol. The molecule has 1 unspecified atom stereocenters. The van der Waals surface area contributed by atoms with Crippen LogP contribution in [-0.4, -0.2) is 24.2 Å². The Bertz CT molecular complexity index is 759. The molecule has 0 amide bonds. The summed E-state index contributed by atoms with van der Waals surface area (Å²) in [5, 5.41) is 4.55. The predicted octanol–water partition coefficient (Wildman–Crippen LogP) is 3.25. The number of aromatic nitrogens is 2. The third-order valence-corrected chi connectivity index (χ3v) is 5.26. The minimum atomic E-state index is -3.61. The molecule has 1 N–H and O–H groups in total. The molecule has 0 bridgehead atoms. The van der Waals surface area contributed by atoms with Crippen LogP contribution in [0.15, 0.2) is 41.4 Å². The Morgan fingerprint density at radius 1 is 1.22 bits per heavy atom. The lowest BCUT2D eigenvalue weighted by atomic mass is 9.92. The van der Waals surface area contributed by atoms with Gasteiger partial charge in [-0.3, -0.25) is 0 Å². The fourth-order valence-corrected chi connectivity index (χ4v) is 3.86. The van der Waals surface area contributed by atoms with E-state index in [1.807, 2.05) is 65.0 Å². The second-order valence-corrected chi connectivity index (χ2v) is 8.49. The van der Waals surface area contributed by atoms with Crippen molar-refractivity contribution in [3.8, 4) is 5.69 Å². The summed E-state index contributed by atoms with van der Waals surface area (Å²) in [7, 11) is -3.61. The molecule has 0 spiro atoms. The van der Waals surface area contributed by atoms with E-state index in [4.69, 9.17) is 0 Å². The summed E-state index contributed by atoms with van der Waals surface area (Å²) >= 11 is 0. The average Bonchev–Trinajstić information content (AvgIpc) is 2.94. The van der Waals surface area contributed by atoms with Crippen molar-refractivity contribution in [2.24, 2.45) is 0 Å². The van der Waals surface area contributed by atoms with Gasteiger partial charge in [-0.25, -0.2) is 17.8 Å². The minimum absolute atomic E-state index is 0.118. The van der Waals surface area contributed by atoms with Gasteiger partial charge in [-0.15, -0.1) is 0 Å². The van der Waals surface area contributed by atoms with Crippen molar-refractivity contribution in [2.75, 3.05) is 0 Å². The number of benzene rings is 1. The molecule has 1 heterocycles. The molecule has 0 saturated heterocycles. The Morgan fingerprint density at radius 3 is 2.35 bits per heavy atom. The number of hydrogen-bond donors (Lipinski definition) is 1. The maximum Gasteiger partial charge on any atom is 0.244 e. The lowest BCUT2D eigenvalue weighted by Crippen LogP contribution is -2.33. The zero-order valence-electron chi connectivity index (χ0n) is 14.4. The molecule has 0 aliphatic rings. The van der Waals surface area contributed by atoms with Crippen LogP contribution < -0.4 is 4.72 Å². The van der Waals surface area contributed by atoms with Crippen LogP contribution in [0.25, 0.3) is 5.69 Å². The Morgan fingerprint density at radius 2 is 1.83 bits per heavy atom. The first-order valence-corrected chi connectivity index (χ1v) is 9.31. The quantitative estimate of drug-likeness (QED) is 0.912. The fourth-order valence-electron chi connectivity index (χ4n) is 2.20. The lowest BCUT2D eigenvalue weighted by Gasteiger charge is -2.18. The standard InChI is InChI=1S/C17H25N3O2S/c1-6-13(2)19-23(21,22)15-12-20(14-10-8-7-9-11-14)18-16(15)17(3,4)5/h7-13,19H,6H2,1-5H3. The highest BCUT2D eigenvalue weighted by atomic mass is 32.2. The van der Waals surface area contributed by atoms with Crippen molar-refractivity contribution in [1.82, 2.24) is 14.5 Å². The van der Waals surface area contributed by atoms with Gasteiger partial charge in [0, 0.05) is 11.5 Å². The van der Waals surface area contributed by atoms with E-state index in [-0.39, 0.29) is 16.4 Å². The first-order chi connectivity index (χ1) is 10.6. The number of rotatable bonds is 5. The Hall–Kier alpha value is -1.66. The molecule has 2 rings (SSSR count). The van der Waals surface area contributed by atoms with E-state index < -0.39 is 10.0 Å². The van der Waals surface area contributed by atoms with E-state index in [0.717, 1.165) is 12.1 Å². The van der Waals surface area contributed by atoms with Crippen molar-refractivity contribution < 1.29 is 8.42 Å². The zero-order valence-corrected chi connectivity index (χ0v) is 15.2. The van der Waals surface area contributed by atoms with Gasteiger partial charge in [0.25, 0.3) is 0 Å². The van der Waals surface area contributed by atoms with Crippen LogP contribution in [0.5, 0.6) is 0 Å². The van der Waals surface area contributed by atoms with Gasteiger partial charge in [-0.1, -0.05) is 45.9 Å². The smallest absolute Gasteiger partial charge is 0.239 e. The van der Waals surface area contributed by atoms with Crippen molar-refractivity contribution in [2.45, 2.75) is 57.4 Å². The van der Waals surface area contributed by atoms with Gasteiger partial charge in [0.2, 0.25) is 10.0 Å². The maximum absolute atomic E-state index is 12.7. The molecule has 2 aromatic rings. The summed E-state index contributed by atoms with van der Waals surface area (Å²) in [4.78, 5) is 0.245. The monoisotopic (exact) mass is 335 g/mol. The van der Waals surface area contributed by atoms with Crippen molar-refractivity contribution in [3.05, 3.63) is 42.2 Å². The summed E-state index contributed by atoms with van der Waals surface area (Å²) in [5.74, 6) is 0. The number of sulfonamides is 1. The molecule has 1 atom stereocenters. The second-order valence-electron chi connectivity index (χ2n) is 6.80. The minimum Gasteiger partial charge on any atom is -0.239 e. The van der Waals surface area contributed by atoms with Crippen LogP contribution in [0.2, 0.25) is 0 Å². The van der Waals surface area contributed by atoms with Crippen LogP contribution in [0.4, 0.5) is 0 Å². The first kappa shape index (κ1) is 17.7. The second kappa shape index (κ2) is 6.45. The van der Waals surface area contributed by atoms with Crippen molar-refractivity contribution in [1.29, 1.82) is 0 Å². The van der Waals surface area contributed by atoms with Gasteiger partial charge >= 0.3 is 0 Å². The van der Waals surface area contributed by atoms with E-state index in [2.05, 4.69) is 9.82 Å². The summed E-state index contributed by atoms with van der Waals surface area (Å²) in [6.07, 6.45) is 2.33. The molecule has 6 heteroatoms. The van der Waals surface area contributed by atoms with Crippen molar-refractivity contribution >= 4 is 10.0 Å². The molecule has 126 valence electrons. The molecule has 5 nitrogen and oxygen atoms in total. The molecule has 1 aromatic heterocycles. The number of para-hydroxylation sites is 1. The Kier molecular flexibility index (Phi) is 4.96. The summed E-state index contributed by atoms with van der Waals surface area (Å²) in [6.45, 7) is 9.70. The lowest BCUT2D eigenvalue weighted by molar-refractivity contribution is 0.531. The highest BCUT2D eigenvalue weighted by Crippen LogP contribution is 2.28. The van der Waals surface area contributed by atoms with Crippen LogP contribution in [0, 0.1) is 0 Å². The number of hydrogen-bond acceptors (Lipinski definition) is 3. The van der Waals surface area contributed by atoms with Gasteiger partial charge in [-0.2, -0.15) is 5.10 Å². The molecule has 0 aliphatic heterocycles. The molecular weight excluding hydrogens is 310 g/mol. The molecular formula is C17H25N3O2S. The van der Waals surface area contributed by atoms with Gasteiger partial charge in [0.1, 0.15) is 4.90 Å². The van der Waals surface area contributed by atoms with Crippen LogP contribution in [-0.2, 0) is 15.4 Å². The predicted molar refractivity (Wildman–Crippen MR) is 92.3 cm³/mol. The normalized spacial score (nSPS) is 14.0. The molecule has 23 heavy (non-hydrogen) atoms. The first-order valence-electron chi connectivity index (χ1n) is 7.83. The number of nitrogens with one attached hydrogen (secondary N) is 1.